The van der Waals surface area contributed by atoms with Crippen molar-refractivity contribution in [2.24, 2.45) is 0 Å². The van der Waals surface area contributed by atoms with E-state index in [2.05, 4.69) is 236 Å². The molecule has 0 saturated carbocycles. The summed E-state index contributed by atoms with van der Waals surface area (Å²) >= 11 is 0. The van der Waals surface area contributed by atoms with Crippen molar-refractivity contribution in [1.29, 1.82) is 0 Å². The summed E-state index contributed by atoms with van der Waals surface area (Å²) in [7, 11) is 0. The van der Waals surface area contributed by atoms with Gasteiger partial charge in [-0.25, -0.2) is 0 Å². The van der Waals surface area contributed by atoms with Crippen molar-refractivity contribution in [3.8, 4) is 55.6 Å². The Balaban J connectivity index is 1.15. The zero-order valence-corrected chi connectivity index (χ0v) is 36.7. The molecule has 0 fully saturated rings. The fourth-order valence-electron chi connectivity index (χ4n) is 11.0. The fourth-order valence-corrected chi connectivity index (χ4v) is 11.0. The lowest BCUT2D eigenvalue weighted by Gasteiger charge is -2.45. The van der Waals surface area contributed by atoms with Crippen LogP contribution in [-0.4, -0.2) is 0 Å². The predicted molar refractivity (Wildman–Crippen MR) is 259 cm³/mol. The summed E-state index contributed by atoms with van der Waals surface area (Å²) in [6.07, 6.45) is 0. The number of hydrogen-bond donors (Lipinski definition) is 0. The fraction of sp³-hybridized carbons (Fsp3) is 0.200. The highest BCUT2D eigenvalue weighted by Crippen LogP contribution is 2.63. The molecule has 3 aliphatic carbocycles. The molecule has 0 radical (unpaired) electrons. The van der Waals surface area contributed by atoms with E-state index in [9.17, 15) is 0 Å². The average molecular weight is 788 g/mol. The van der Waals surface area contributed by atoms with Crippen molar-refractivity contribution in [2.75, 3.05) is 4.90 Å². The van der Waals surface area contributed by atoms with E-state index in [-0.39, 0.29) is 21.7 Å². The van der Waals surface area contributed by atoms with Gasteiger partial charge in [0.1, 0.15) is 0 Å². The van der Waals surface area contributed by atoms with Crippen LogP contribution in [0, 0.1) is 0 Å². The Kier molecular flexibility index (Phi) is 8.02. The molecule has 1 atom stereocenters. The van der Waals surface area contributed by atoms with E-state index in [1.165, 1.54) is 89.0 Å². The lowest BCUT2D eigenvalue weighted by molar-refractivity contribution is 0.337. The molecule has 4 bridgehead atoms. The Morgan fingerprint density at radius 2 is 0.918 bits per heavy atom. The summed E-state index contributed by atoms with van der Waals surface area (Å²) in [5, 5.41) is 0. The minimum Gasteiger partial charge on any atom is -0.310 e. The van der Waals surface area contributed by atoms with Gasteiger partial charge in [0, 0.05) is 33.3 Å². The molecule has 11 rings (SSSR count). The lowest BCUT2D eigenvalue weighted by atomic mass is 9.57. The van der Waals surface area contributed by atoms with E-state index in [4.69, 9.17) is 0 Å². The molecule has 8 aromatic carbocycles. The average Bonchev–Trinajstić information content (AvgIpc) is 3.67. The van der Waals surface area contributed by atoms with E-state index in [1.54, 1.807) is 0 Å². The highest BCUT2D eigenvalue weighted by molar-refractivity contribution is 5.97. The number of benzene rings is 8. The molecule has 0 aromatic heterocycles. The summed E-state index contributed by atoms with van der Waals surface area (Å²) in [5.41, 5.74) is 24.1. The molecule has 1 unspecified atom stereocenters. The van der Waals surface area contributed by atoms with Crippen LogP contribution in [0.25, 0.3) is 55.6 Å². The van der Waals surface area contributed by atoms with Crippen LogP contribution in [0.5, 0.6) is 0 Å². The summed E-state index contributed by atoms with van der Waals surface area (Å²) in [4.78, 5) is 2.45. The SMILES string of the molecule is CC(C)(C)c1cc2cc(c1)C(C)(C)C1(C)c3cc(N(c4ccc(-c5ccccc5)cc4)c4ccc(-c5ccccc5)cc4)ccc3-c3cc4c(cc31)-c1c-2cccc1C4(C)C. The van der Waals surface area contributed by atoms with Crippen molar-refractivity contribution in [3.63, 3.8) is 0 Å². The topological polar surface area (TPSA) is 3.24 Å². The molecule has 0 spiro atoms. The van der Waals surface area contributed by atoms with Crippen molar-refractivity contribution in [2.45, 2.75) is 77.0 Å². The Morgan fingerprint density at radius 1 is 0.377 bits per heavy atom. The van der Waals surface area contributed by atoms with Gasteiger partial charge in [0.05, 0.1) is 0 Å². The van der Waals surface area contributed by atoms with Gasteiger partial charge in [-0.1, -0.05) is 183 Å². The molecule has 0 heterocycles. The van der Waals surface area contributed by atoms with Crippen LogP contribution in [0.4, 0.5) is 17.1 Å². The maximum Gasteiger partial charge on any atom is 0.0465 e. The molecule has 0 saturated heterocycles. The van der Waals surface area contributed by atoms with Crippen LogP contribution in [-0.2, 0) is 21.7 Å². The van der Waals surface area contributed by atoms with E-state index >= 15 is 0 Å². The maximum absolute atomic E-state index is 2.61. The highest BCUT2D eigenvalue weighted by Gasteiger charge is 2.53. The smallest absolute Gasteiger partial charge is 0.0465 e. The van der Waals surface area contributed by atoms with Gasteiger partial charge in [-0.05, 0) is 143 Å². The molecular formula is C60H53N. The third kappa shape index (κ3) is 5.46. The number of hydrogen-bond acceptors (Lipinski definition) is 1. The van der Waals surface area contributed by atoms with Crippen LogP contribution in [0.3, 0.4) is 0 Å². The van der Waals surface area contributed by atoms with Crippen LogP contribution < -0.4 is 4.90 Å². The lowest BCUT2D eigenvalue weighted by Crippen LogP contribution is -2.43. The molecule has 0 aliphatic heterocycles. The molecule has 8 aromatic rings. The van der Waals surface area contributed by atoms with Gasteiger partial charge in [-0.15, -0.1) is 0 Å². The van der Waals surface area contributed by atoms with Crippen molar-refractivity contribution in [1.82, 2.24) is 0 Å². The molecule has 0 N–H and O–H groups in total. The van der Waals surface area contributed by atoms with E-state index in [1.807, 2.05) is 0 Å². The standard InChI is InChI=1S/C60H53N/c1-57(2,3)43-32-42-33-44(34-43)59(6,7)60(8)54-35-47(30-31-49(54)50-36-53-51(37-55(50)60)56-48(42)20-15-21-52(56)58(53,4)5)61(45-26-22-40(23-27-45)38-16-11-9-12-17-38)46-28-24-41(25-29-46)39-18-13-10-14-19-39/h9-37H,1-8H3. The van der Waals surface area contributed by atoms with Crippen LogP contribution in [0.15, 0.2) is 176 Å². The Morgan fingerprint density at radius 3 is 1.51 bits per heavy atom. The van der Waals surface area contributed by atoms with Gasteiger partial charge in [0.15, 0.2) is 0 Å². The zero-order chi connectivity index (χ0) is 42.1. The first-order chi connectivity index (χ1) is 29.2. The van der Waals surface area contributed by atoms with Gasteiger partial charge < -0.3 is 4.90 Å². The number of nitrogens with zero attached hydrogens (tertiary/aromatic N) is 1. The third-order valence-electron chi connectivity index (χ3n) is 15.0. The van der Waals surface area contributed by atoms with Gasteiger partial charge >= 0.3 is 0 Å². The Labute approximate surface area is 362 Å². The predicted octanol–water partition coefficient (Wildman–Crippen LogP) is 16.3. The first-order valence-electron chi connectivity index (χ1n) is 22.0. The van der Waals surface area contributed by atoms with Gasteiger partial charge in [0.2, 0.25) is 0 Å². The molecule has 0 amide bonds. The summed E-state index contributed by atoms with van der Waals surface area (Å²) < 4.78 is 0. The summed E-state index contributed by atoms with van der Waals surface area (Å²) in [5.74, 6) is 0. The minimum absolute atomic E-state index is 0.0128. The maximum atomic E-state index is 2.61. The first kappa shape index (κ1) is 37.6. The normalized spacial score (nSPS) is 17.2. The second kappa shape index (κ2) is 13.0. The summed E-state index contributed by atoms with van der Waals surface area (Å²) in [6, 6.07) is 66.6. The molecule has 298 valence electrons. The van der Waals surface area contributed by atoms with Crippen LogP contribution in [0.2, 0.25) is 0 Å². The van der Waals surface area contributed by atoms with Crippen LogP contribution in [0.1, 0.15) is 88.8 Å². The monoisotopic (exact) mass is 787 g/mol. The van der Waals surface area contributed by atoms with Gasteiger partial charge in [-0.3, -0.25) is 0 Å². The molecular weight excluding hydrogens is 735 g/mol. The largest absolute Gasteiger partial charge is 0.310 e. The van der Waals surface area contributed by atoms with Crippen molar-refractivity contribution >= 4 is 17.1 Å². The number of anilines is 3. The Hall–Kier alpha value is -6.44. The highest BCUT2D eigenvalue weighted by atomic mass is 15.1. The molecule has 1 heteroatoms. The van der Waals surface area contributed by atoms with E-state index in [0.29, 0.717) is 0 Å². The third-order valence-corrected chi connectivity index (χ3v) is 15.0. The van der Waals surface area contributed by atoms with E-state index in [0.717, 1.165) is 17.1 Å². The number of rotatable bonds is 5. The minimum atomic E-state index is -0.352. The second-order valence-electron chi connectivity index (χ2n) is 20.0. The molecule has 3 aliphatic rings. The first-order valence-corrected chi connectivity index (χ1v) is 22.0. The van der Waals surface area contributed by atoms with Gasteiger partial charge in [-0.2, -0.15) is 0 Å². The number of fused-ring (bicyclic) bond motifs is 6. The van der Waals surface area contributed by atoms with Gasteiger partial charge in [0.25, 0.3) is 0 Å². The summed E-state index contributed by atoms with van der Waals surface area (Å²) in [6.45, 7) is 19.5. The molecule has 61 heavy (non-hydrogen) atoms. The van der Waals surface area contributed by atoms with Crippen LogP contribution >= 0.6 is 0 Å². The quantitative estimate of drug-likeness (QED) is 0.168. The zero-order valence-electron chi connectivity index (χ0n) is 36.7. The second-order valence-corrected chi connectivity index (χ2v) is 20.0. The molecule has 1 nitrogen and oxygen atoms in total. The van der Waals surface area contributed by atoms with E-state index < -0.39 is 0 Å². The van der Waals surface area contributed by atoms with Crippen molar-refractivity contribution < 1.29 is 0 Å². The van der Waals surface area contributed by atoms with Crippen molar-refractivity contribution in [3.05, 3.63) is 209 Å². The Bertz CT molecular complexity index is 2950.